The minimum Gasteiger partial charge on any atom is -0.340 e. The fourth-order valence-electron chi connectivity index (χ4n) is 5.53. The number of hydrogen-bond donors (Lipinski definition) is 1. The van der Waals surface area contributed by atoms with Gasteiger partial charge >= 0.3 is 0 Å². The summed E-state index contributed by atoms with van der Waals surface area (Å²) in [6.07, 6.45) is 0.928. The van der Waals surface area contributed by atoms with Crippen molar-refractivity contribution in [2.45, 2.75) is 31.0 Å². The third-order valence-corrected chi connectivity index (χ3v) is 7.05. The lowest BCUT2D eigenvalue weighted by molar-refractivity contribution is 0.112. The largest absolute Gasteiger partial charge is 0.340 e. The average Bonchev–Trinajstić information content (AvgIpc) is 2.83. The molecule has 3 aliphatic rings. The van der Waals surface area contributed by atoms with Crippen molar-refractivity contribution in [3.63, 3.8) is 0 Å². The molecule has 6 rings (SSSR count). The van der Waals surface area contributed by atoms with Gasteiger partial charge in [-0.25, -0.2) is 0 Å². The zero-order valence-corrected chi connectivity index (χ0v) is 18.5. The lowest BCUT2D eigenvalue weighted by Crippen LogP contribution is -2.63. The van der Waals surface area contributed by atoms with Gasteiger partial charge in [0.25, 0.3) is 0 Å². The van der Waals surface area contributed by atoms with E-state index in [-0.39, 0.29) is 18.0 Å². The summed E-state index contributed by atoms with van der Waals surface area (Å²) in [5, 5.41) is 3.93. The number of benzene rings is 3. The molecule has 2 heteroatoms. The molecule has 3 fully saturated rings. The molecular weight excluding hydrogens is 388 g/mol. The first-order chi connectivity index (χ1) is 15.6. The van der Waals surface area contributed by atoms with E-state index in [1.807, 2.05) is 0 Å². The summed E-state index contributed by atoms with van der Waals surface area (Å²) in [6, 6.07) is 32.7. The molecule has 0 saturated carbocycles. The van der Waals surface area contributed by atoms with Crippen molar-refractivity contribution in [1.29, 1.82) is 0 Å². The molecule has 2 bridgehead atoms. The van der Waals surface area contributed by atoms with Gasteiger partial charge in [0.15, 0.2) is 0 Å². The summed E-state index contributed by atoms with van der Waals surface area (Å²) in [4.78, 5) is 2.37. The molecule has 3 saturated heterocycles. The van der Waals surface area contributed by atoms with Crippen LogP contribution in [0.3, 0.4) is 0 Å². The number of nitrogens with zero attached hydrogens (tertiary/aromatic N) is 1. The van der Waals surface area contributed by atoms with Gasteiger partial charge in [0, 0.05) is 35.8 Å². The van der Waals surface area contributed by atoms with E-state index in [1.165, 1.54) is 16.7 Å². The van der Waals surface area contributed by atoms with E-state index in [0.29, 0.717) is 5.92 Å². The van der Waals surface area contributed by atoms with Crippen LogP contribution in [-0.4, -0.2) is 17.0 Å². The molecule has 32 heavy (non-hydrogen) atoms. The predicted molar refractivity (Wildman–Crippen MR) is 133 cm³/mol. The highest BCUT2D eigenvalue weighted by Gasteiger charge is 2.50. The van der Waals surface area contributed by atoms with E-state index in [2.05, 4.69) is 121 Å². The monoisotopic (exact) mass is 418 g/mol. The van der Waals surface area contributed by atoms with Crippen LogP contribution in [0.15, 0.2) is 128 Å². The Balaban J connectivity index is 1.60. The Hall–Kier alpha value is -3.36. The van der Waals surface area contributed by atoms with Gasteiger partial charge in [0.05, 0.1) is 6.04 Å². The SMILES string of the molecule is C=C1C(=C)N2C(=C)CC1C(NCc1ccccc1)C2C(c1ccccc1)c1ccccc1. The molecule has 0 amide bonds. The molecule has 1 N–H and O–H groups in total. The highest BCUT2D eigenvalue weighted by molar-refractivity contribution is 5.46. The molecule has 3 heterocycles. The van der Waals surface area contributed by atoms with Crippen molar-refractivity contribution in [2.24, 2.45) is 5.92 Å². The van der Waals surface area contributed by atoms with Crippen molar-refractivity contribution in [3.05, 3.63) is 144 Å². The van der Waals surface area contributed by atoms with E-state index in [1.54, 1.807) is 0 Å². The zero-order valence-electron chi connectivity index (χ0n) is 18.5. The average molecular weight is 419 g/mol. The molecule has 2 nitrogen and oxygen atoms in total. The topological polar surface area (TPSA) is 15.3 Å². The van der Waals surface area contributed by atoms with E-state index in [0.717, 1.165) is 29.9 Å². The Kier molecular flexibility index (Phi) is 5.55. The molecule has 0 aliphatic carbocycles. The standard InChI is InChI=1S/C30H30N2/c1-21-19-27-22(2)23(3)32(21)30(29(27)31-20-24-13-7-4-8-14-24)28(25-15-9-5-10-16-25)26-17-11-6-12-18-26/h4-18,27-31H,1-3,19-20H2. The van der Waals surface area contributed by atoms with E-state index >= 15 is 0 Å². The third kappa shape index (κ3) is 3.61. The number of fused-ring (bicyclic) bond motifs is 3. The van der Waals surface area contributed by atoms with Crippen LogP contribution in [0.25, 0.3) is 0 Å². The maximum atomic E-state index is 4.45. The number of nitrogens with one attached hydrogen (secondary N) is 1. The molecule has 3 atom stereocenters. The smallest absolute Gasteiger partial charge is 0.0607 e. The first kappa shape index (κ1) is 20.5. The van der Waals surface area contributed by atoms with Crippen LogP contribution in [0.2, 0.25) is 0 Å². The summed E-state index contributed by atoms with van der Waals surface area (Å²) in [6.45, 7) is 14.2. The second kappa shape index (κ2) is 8.64. The van der Waals surface area contributed by atoms with E-state index < -0.39 is 0 Å². The highest BCUT2D eigenvalue weighted by Crippen LogP contribution is 2.50. The van der Waals surface area contributed by atoms with Gasteiger partial charge in [-0.1, -0.05) is 111 Å². The maximum absolute atomic E-state index is 4.45. The van der Waals surface area contributed by atoms with Gasteiger partial charge in [-0.2, -0.15) is 0 Å². The van der Waals surface area contributed by atoms with Gasteiger partial charge < -0.3 is 10.2 Å². The summed E-state index contributed by atoms with van der Waals surface area (Å²) in [5.41, 5.74) is 7.22. The Morgan fingerprint density at radius 1 is 0.781 bits per heavy atom. The Morgan fingerprint density at radius 3 is 1.88 bits per heavy atom. The normalized spacial score (nSPS) is 22.6. The van der Waals surface area contributed by atoms with Crippen LogP contribution in [0.1, 0.15) is 29.0 Å². The molecule has 3 aromatic rings. The Morgan fingerprint density at radius 2 is 1.31 bits per heavy atom. The van der Waals surface area contributed by atoms with Crippen LogP contribution < -0.4 is 5.32 Å². The van der Waals surface area contributed by atoms with Crippen molar-refractivity contribution < 1.29 is 0 Å². The summed E-state index contributed by atoms with van der Waals surface area (Å²) in [7, 11) is 0. The summed E-state index contributed by atoms with van der Waals surface area (Å²) < 4.78 is 0. The van der Waals surface area contributed by atoms with Gasteiger partial charge in [-0.15, -0.1) is 0 Å². The van der Waals surface area contributed by atoms with E-state index in [4.69, 9.17) is 0 Å². The van der Waals surface area contributed by atoms with Crippen molar-refractivity contribution in [2.75, 3.05) is 0 Å². The number of hydrogen-bond acceptors (Lipinski definition) is 2. The first-order valence-electron chi connectivity index (χ1n) is 11.4. The second-order valence-electron chi connectivity index (χ2n) is 8.90. The third-order valence-electron chi connectivity index (χ3n) is 7.05. The first-order valence-corrected chi connectivity index (χ1v) is 11.4. The molecule has 0 spiro atoms. The number of rotatable bonds is 6. The number of piperidine rings is 3. The van der Waals surface area contributed by atoms with Gasteiger partial charge in [-0.05, 0) is 28.7 Å². The van der Waals surface area contributed by atoms with Crippen molar-refractivity contribution in [3.8, 4) is 0 Å². The van der Waals surface area contributed by atoms with Gasteiger partial charge in [0.1, 0.15) is 0 Å². The fourth-order valence-corrected chi connectivity index (χ4v) is 5.53. The lowest BCUT2D eigenvalue weighted by Gasteiger charge is -2.57. The molecule has 0 aromatic heterocycles. The second-order valence-corrected chi connectivity index (χ2v) is 8.90. The van der Waals surface area contributed by atoms with Crippen LogP contribution in [0, 0.1) is 5.92 Å². The molecule has 3 aliphatic heterocycles. The molecule has 160 valence electrons. The summed E-state index contributed by atoms with van der Waals surface area (Å²) in [5.74, 6) is 0.485. The lowest BCUT2D eigenvalue weighted by atomic mass is 9.67. The van der Waals surface area contributed by atoms with E-state index in [9.17, 15) is 0 Å². The van der Waals surface area contributed by atoms with Crippen LogP contribution in [0.5, 0.6) is 0 Å². The Labute approximate surface area is 191 Å². The maximum Gasteiger partial charge on any atom is 0.0607 e. The minimum absolute atomic E-state index is 0.174. The van der Waals surface area contributed by atoms with Crippen molar-refractivity contribution >= 4 is 0 Å². The van der Waals surface area contributed by atoms with Crippen LogP contribution in [0.4, 0.5) is 0 Å². The summed E-state index contributed by atoms with van der Waals surface area (Å²) >= 11 is 0. The van der Waals surface area contributed by atoms with Gasteiger partial charge in [-0.3, -0.25) is 0 Å². The quantitative estimate of drug-likeness (QED) is 0.508. The molecule has 3 aromatic carbocycles. The van der Waals surface area contributed by atoms with Gasteiger partial charge in [0.2, 0.25) is 0 Å². The van der Waals surface area contributed by atoms with Crippen LogP contribution >= 0.6 is 0 Å². The Bertz CT molecular complexity index is 1080. The minimum atomic E-state index is 0.174. The fraction of sp³-hybridized carbons (Fsp3) is 0.200. The van der Waals surface area contributed by atoms with Crippen LogP contribution in [-0.2, 0) is 6.54 Å². The number of allylic oxidation sites excluding steroid dienone is 2. The molecular formula is C30H30N2. The van der Waals surface area contributed by atoms with Crippen molar-refractivity contribution in [1.82, 2.24) is 10.2 Å². The zero-order chi connectivity index (χ0) is 22.1. The molecule has 0 radical (unpaired) electrons. The highest BCUT2D eigenvalue weighted by atomic mass is 15.3. The predicted octanol–water partition coefficient (Wildman–Crippen LogP) is 6.26. The molecule has 3 unspecified atom stereocenters.